The van der Waals surface area contributed by atoms with Crippen LogP contribution in [-0.4, -0.2) is 69.2 Å². The Kier molecular flexibility index (Phi) is 9.23. The van der Waals surface area contributed by atoms with E-state index in [-0.39, 0.29) is 16.0 Å². The second-order valence-corrected chi connectivity index (χ2v) is 11.7. The Morgan fingerprint density at radius 3 is 2.28 bits per heavy atom. The van der Waals surface area contributed by atoms with Crippen LogP contribution in [0.2, 0.25) is 0 Å². The Morgan fingerprint density at radius 1 is 1.06 bits per heavy atom. The number of carbonyl (C=O) groups is 3. The van der Waals surface area contributed by atoms with E-state index in [9.17, 15) is 22.8 Å². The molecule has 10 nitrogen and oxygen atoms in total. The van der Waals surface area contributed by atoms with Gasteiger partial charge in [0.2, 0.25) is 10.0 Å². The first-order valence-corrected chi connectivity index (χ1v) is 14.2. The summed E-state index contributed by atoms with van der Waals surface area (Å²) < 4.78 is 27.5. The number of imide groups is 1. The first kappa shape index (κ1) is 27.8. The van der Waals surface area contributed by atoms with E-state index in [4.69, 9.17) is 0 Å². The Labute approximate surface area is 216 Å². The quantitative estimate of drug-likeness (QED) is 0.453. The van der Waals surface area contributed by atoms with Crippen LogP contribution in [0.1, 0.15) is 57.8 Å². The van der Waals surface area contributed by atoms with Crippen molar-refractivity contribution in [2.45, 2.75) is 44.6 Å². The van der Waals surface area contributed by atoms with E-state index in [0.29, 0.717) is 43.9 Å². The summed E-state index contributed by atoms with van der Waals surface area (Å²) in [5.41, 5.74) is 1.37. The van der Waals surface area contributed by atoms with E-state index >= 15 is 0 Å². The molecule has 3 rings (SSSR count). The molecule has 0 atom stereocenters. The predicted octanol–water partition coefficient (Wildman–Crippen LogP) is 2.87. The minimum atomic E-state index is -3.66. The number of nitrogens with zero attached hydrogens (tertiary/aromatic N) is 2. The number of carbonyl (C=O) groups excluding carboxylic acids is 3. The lowest BCUT2D eigenvalue weighted by Gasteiger charge is -2.22. The molecule has 1 aromatic carbocycles. The van der Waals surface area contributed by atoms with Crippen molar-refractivity contribution in [3.63, 3.8) is 0 Å². The molecule has 0 bridgehead atoms. The van der Waals surface area contributed by atoms with Crippen molar-refractivity contribution in [3.05, 3.63) is 45.8 Å². The maximum Gasteiger partial charge on any atom is 0.321 e. The molecular formula is C24H33N5O5S2. The van der Waals surface area contributed by atoms with Gasteiger partial charge in [-0.1, -0.05) is 13.8 Å². The molecule has 36 heavy (non-hydrogen) atoms. The lowest BCUT2D eigenvalue weighted by atomic mass is 10.0. The van der Waals surface area contributed by atoms with Crippen LogP contribution in [0.4, 0.5) is 9.80 Å². The van der Waals surface area contributed by atoms with Crippen LogP contribution in [0, 0.1) is 0 Å². The molecule has 1 aliphatic rings. The van der Waals surface area contributed by atoms with Gasteiger partial charge >= 0.3 is 6.03 Å². The summed E-state index contributed by atoms with van der Waals surface area (Å²) in [6, 6.07) is 5.14. The molecule has 3 N–H and O–H groups in total. The molecule has 1 aromatic heterocycles. The summed E-state index contributed by atoms with van der Waals surface area (Å²) in [5, 5.41) is 7.80. The zero-order valence-electron chi connectivity index (χ0n) is 21.0. The van der Waals surface area contributed by atoms with Crippen LogP contribution in [0.25, 0.3) is 0 Å². The van der Waals surface area contributed by atoms with E-state index in [1.165, 1.54) is 47.0 Å². The summed E-state index contributed by atoms with van der Waals surface area (Å²) in [5.74, 6) is -1.06. The number of likely N-dealkylation sites (N-methyl/N-ethyl adjacent to an activating group) is 1. The third kappa shape index (κ3) is 6.12. The molecule has 0 unspecified atom stereocenters. The van der Waals surface area contributed by atoms with Gasteiger partial charge < -0.3 is 15.5 Å². The molecule has 1 aliphatic heterocycles. The topological polar surface area (TPSA) is 128 Å². The number of anilines is 1. The number of urea groups is 1. The van der Waals surface area contributed by atoms with Crippen LogP contribution in [0.3, 0.4) is 0 Å². The van der Waals surface area contributed by atoms with Gasteiger partial charge in [0.15, 0.2) is 0 Å². The highest BCUT2D eigenvalue weighted by Crippen LogP contribution is 2.37. The van der Waals surface area contributed by atoms with Gasteiger partial charge in [-0.25, -0.2) is 13.2 Å². The summed E-state index contributed by atoms with van der Waals surface area (Å²) in [6.45, 7) is 6.09. The third-order valence-corrected chi connectivity index (χ3v) is 8.90. The zero-order chi connectivity index (χ0) is 26.5. The second kappa shape index (κ2) is 12.0. The van der Waals surface area contributed by atoms with Crippen molar-refractivity contribution in [2.75, 3.05) is 39.0 Å². The van der Waals surface area contributed by atoms with Crippen molar-refractivity contribution < 1.29 is 22.8 Å². The van der Waals surface area contributed by atoms with Crippen LogP contribution in [-0.2, 0) is 23.0 Å². The number of rotatable bonds is 9. The SMILES string of the molecule is CCCN(CCC)S(=O)(=O)c1ccc(C(=O)Nc2sc3c(c2C(=O)NC(=O)NC)CCN(C)C3)cc1. The lowest BCUT2D eigenvalue weighted by Crippen LogP contribution is -2.38. The second-order valence-electron chi connectivity index (χ2n) is 8.61. The smallest absolute Gasteiger partial charge is 0.321 e. The van der Waals surface area contributed by atoms with Crippen LogP contribution in [0.15, 0.2) is 29.2 Å². The monoisotopic (exact) mass is 535 g/mol. The average Bonchev–Trinajstić information content (AvgIpc) is 3.20. The summed E-state index contributed by atoms with van der Waals surface area (Å²) in [6.07, 6.45) is 2.03. The van der Waals surface area contributed by atoms with Crippen LogP contribution >= 0.6 is 11.3 Å². The predicted molar refractivity (Wildman–Crippen MR) is 140 cm³/mol. The first-order chi connectivity index (χ1) is 17.1. The van der Waals surface area contributed by atoms with E-state index in [2.05, 4.69) is 20.9 Å². The molecule has 0 aliphatic carbocycles. The van der Waals surface area contributed by atoms with Gasteiger partial charge in [0.1, 0.15) is 5.00 Å². The Morgan fingerprint density at radius 2 is 1.69 bits per heavy atom. The number of hydrogen-bond acceptors (Lipinski definition) is 7. The minimum Gasteiger partial charge on any atom is -0.341 e. The van der Waals surface area contributed by atoms with Gasteiger partial charge in [-0.2, -0.15) is 4.31 Å². The Hall–Kier alpha value is -2.80. The molecule has 2 heterocycles. The minimum absolute atomic E-state index is 0.126. The number of benzene rings is 1. The molecule has 0 spiro atoms. The zero-order valence-corrected chi connectivity index (χ0v) is 22.6. The normalized spacial score (nSPS) is 13.8. The molecule has 4 amide bonds. The van der Waals surface area contributed by atoms with Crippen molar-refractivity contribution >= 4 is 44.2 Å². The highest BCUT2D eigenvalue weighted by Gasteiger charge is 2.29. The average molecular weight is 536 g/mol. The fourth-order valence-corrected chi connectivity index (χ4v) is 6.99. The maximum atomic E-state index is 13.1. The standard InChI is InChI=1S/C24H33N5O5S2/c1-5-12-29(13-6-2)36(33,34)17-9-7-16(8-10-17)21(30)26-23-20(22(31)27-24(32)25-3)18-11-14-28(4)15-19(18)35-23/h7-10H,5-6,11-15H2,1-4H3,(H,26,30)(H2,25,27,31,32). The fourth-order valence-electron chi connectivity index (χ4n) is 4.04. The summed E-state index contributed by atoms with van der Waals surface area (Å²) >= 11 is 1.31. The number of fused-ring (bicyclic) bond motifs is 1. The molecular weight excluding hydrogens is 502 g/mol. The van der Waals surface area contributed by atoms with Crippen molar-refractivity contribution in [2.24, 2.45) is 0 Å². The van der Waals surface area contributed by atoms with Crippen molar-refractivity contribution in [1.82, 2.24) is 19.8 Å². The van der Waals surface area contributed by atoms with E-state index in [0.717, 1.165) is 17.0 Å². The van der Waals surface area contributed by atoms with Gasteiger partial charge in [0, 0.05) is 43.7 Å². The Bertz CT molecular complexity index is 1220. The fraction of sp³-hybridized carbons (Fsp3) is 0.458. The Balaban J connectivity index is 1.86. The highest BCUT2D eigenvalue weighted by molar-refractivity contribution is 7.89. The van der Waals surface area contributed by atoms with Crippen LogP contribution < -0.4 is 16.0 Å². The van der Waals surface area contributed by atoms with E-state index in [1.54, 1.807) is 0 Å². The first-order valence-electron chi connectivity index (χ1n) is 11.9. The van der Waals surface area contributed by atoms with Gasteiger partial charge in [0.05, 0.1) is 10.5 Å². The maximum absolute atomic E-state index is 13.1. The van der Waals surface area contributed by atoms with E-state index < -0.39 is 27.9 Å². The summed E-state index contributed by atoms with van der Waals surface area (Å²) in [7, 11) is -0.269. The number of hydrogen-bond donors (Lipinski definition) is 3. The number of thiophene rings is 1. The van der Waals surface area contributed by atoms with Gasteiger partial charge in [0.25, 0.3) is 11.8 Å². The van der Waals surface area contributed by atoms with Crippen molar-refractivity contribution in [1.29, 1.82) is 0 Å². The molecule has 0 saturated carbocycles. The van der Waals surface area contributed by atoms with Gasteiger partial charge in [-0.15, -0.1) is 11.3 Å². The molecule has 2 aromatic rings. The number of nitrogens with one attached hydrogen (secondary N) is 3. The molecule has 0 radical (unpaired) electrons. The number of sulfonamides is 1. The molecule has 196 valence electrons. The lowest BCUT2D eigenvalue weighted by molar-refractivity contribution is 0.0964. The highest BCUT2D eigenvalue weighted by atomic mass is 32.2. The molecule has 12 heteroatoms. The largest absolute Gasteiger partial charge is 0.341 e. The molecule has 0 saturated heterocycles. The number of amides is 4. The van der Waals surface area contributed by atoms with Gasteiger partial charge in [-0.3, -0.25) is 14.9 Å². The van der Waals surface area contributed by atoms with E-state index in [1.807, 2.05) is 20.9 Å². The molecule has 0 fully saturated rings. The van der Waals surface area contributed by atoms with Crippen LogP contribution in [0.5, 0.6) is 0 Å². The van der Waals surface area contributed by atoms with Crippen molar-refractivity contribution in [3.8, 4) is 0 Å². The summed E-state index contributed by atoms with van der Waals surface area (Å²) in [4.78, 5) is 40.9. The van der Waals surface area contributed by atoms with Gasteiger partial charge in [-0.05, 0) is 56.1 Å². The third-order valence-electron chi connectivity index (χ3n) is 5.86.